The minimum atomic E-state index is -3.16. The highest BCUT2D eigenvalue weighted by Gasteiger charge is 2.15. The zero-order chi connectivity index (χ0) is 15.2. The first-order valence-electron chi connectivity index (χ1n) is 7.08. The number of aliphatic hydroxyl groups excluding tert-OH is 2. The van der Waals surface area contributed by atoms with Crippen molar-refractivity contribution in [1.82, 2.24) is 0 Å². The lowest BCUT2D eigenvalue weighted by molar-refractivity contribution is 0.00981. The van der Waals surface area contributed by atoms with E-state index in [9.17, 15) is 18.6 Å². The molecular formula is C15H24O4S. The summed E-state index contributed by atoms with van der Waals surface area (Å²) in [4.78, 5) is 0.329. The van der Waals surface area contributed by atoms with Crippen LogP contribution in [0.1, 0.15) is 38.7 Å². The van der Waals surface area contributed by atoms with Gasteiger partial charge < -0.3 is 10.2 Å². The lowest BCUT2D eigenvalue weighted by Gasteiger charge is -2.17. The van der Waals surface area contributed by atoms with Crippen molar-refractivity contribution in [2.45, 2.75) is 56.6 Å². The molecule has 5 heteroatoms. The topological polar surface area (TPSA) is 74.6 Å². The molecule has 2 atom stereocenters. The molecule has 0 amide bonds. The first kappa shape index (κ1) is 17.1. The van der Waals surface area contributed by atoms with E-state index in [-0.39, 0.29) is 5.75 Å². The zero-order valence-corrected chi connectivity index (χ0v) is 12.9. The number of benzene rings is 1. The lowest BCUT2D eigenvalue weighted by Crippen LogP contribution is -2.26. The van der Waals surface area contributed by atoms with Crippen molar-refractivity contribution in [2.24, 2.45) is 0 Å². The fourth-order valence-corrected chi connectivity index (χ4v) is 2.91. The summed E-state index contributed by atoms with van der Waals surface area (Å²) in [6.07, 6.45) is 1.11. The van der Waals surface area contributed by atoms with Crippen LogP contribution in [-0.2, 0) is 16.3 Å². The Bertz CT molecular complexity index is 493. The molecule has 0 aliphatic carbocycles. The summed E-state index contributed by atoms with van der Waals surface area (Å²) in [5.74, 6) is 0.0915. The first-order chi connectivity index (χ1) is 9.40. The van der Waals surface area contributed by atoms with Gasteiger partial charge in [-0.15, -0.1) is 0 Å². The van der Waals surface area contributed by atoms with Crippen molar-refractivity contribution in [1.29, 1.82) is 0 Å². The minimum absolute atomic E-state index is 0.0915. The third-order valence-electron chi connectivity index (χ3n) is 3.42. The Morgan fingerprint density at radius 3 is 2.05 bits per heavy atom. The molecule has 1 aromatic rings. The van der Waals surface area contributed by atoms with Crippen LogP contribution in [0.3, 0.4) is 0 Å². The Morgan fingerprint density at radius 1 is 1.00 bits per heavy atom. The van der Waals surface area contributed by atoms with Crippen LogP contribution in [-0.4, -0.2) is 36.6 Å². The van der Waals surface area contributed by atoms with E-state index in [1.165, 1.54) is 0 Å². The molecule has 0 bridgehead atoms. The predicted molar refractivity (Wildman–Crippen MR) is 79.4 cm³/mol. The molecule has 0 saturated heterocycles. The molecule has 0 radical (unpaired) electrons. The Balaban J connectivity index is 2.58. The van der Waals surface area contributed by atoms with Gasteiger partial charge in [0.2, 0.25) is 0 Å². The molecule has 114 valence electrons. The summed E-state index contributed by atoms with van der Waals surface area (Å²) >= 11 is 0. The minimum Gasteiger partial charge on any atom is -0.390 e. The fraction of sp³-hybridized carbons (Fsp3) is 0.600. The molecule has 2 unspecified atom stereocenters. The number of hydrogen-bond acceptors (Lipinski definition) is 4. The maximum absolute atomic E-state index is 11.7. The highest BCUT2D eigenvalue weighted by atomic mass is 32.2. The van der Waals surface area contributed by atoms with E-state index in [4.69, 9.17) is 0 Å². The normalized spacial score (nSPS) is 15.0. The molecule has 4 nitrogen and oxygen atoms in total. The SMILES string of the molecule is CCCC(O)C(O)CCc1ccc(S(=O)(=O)CC)cc1. The van der Waals surface area contributed by atoms with E-state index in [1.807, 2.05) is 6.92 Å². The largest absolute Gasteiger partial charge is 0.390 e. The van der Waals surface area contributed by atoms with Gasteiger partial charge >= 0.3 is 0 Å². The molecular weight excluding hydrogens is 276 g/mol. The highest BCUT2D eigenvalue weighted by molar-refractivity contribution is 7.91. The highest BCUT2D eigenvalue weighted by Crippen LogP contribution is 2.15. The summed E-state index contributed by atoms with van der Waals surface area (Å²) in [7, 11) is -3.16. The molecule has 0 heterocycles. The van der Waals surface area contributed by atoms with Crippen LogP contribution in [0.25, 0.3) is 0 Å². The van der Waals surface area contributed by atoms with Gasteiger partial charge in [-0.1, -0.05) is 32.4 Å². The number of aryl methyl sites for hydroxylation is 1. The fourth-order valence-electron chi connectivity index (χ4n) is 2.03. The Morgan fingerprint density at radius 2 is 1.55 bits per heavy atom. The quantitative estimate of drug-likeness (QED) is 0.769. The third-order valence-corrected chi connectivity index (χ3v) is 5.17. The van der Waals surface area contributed by atoms with Crippen LogP contribution < -0.4 is 0 Å². The average molecular weight is 300 g/mol. The molecule has 0 aliphatic rings. The van der Waals surface area contributed by atoms with E-state index >= 15 is 0 Å². The number of sulfone groups is 1. The summed E-state index contributed by atoms with van der Waals surface area (Å²) < 4.78 is 23.3. The van der Waals surface area contributed by atoms with Crippen molar-refractivity contribution in [3.63, 3.8) is 0 Å². The number of rotatable bonds is 8. The van der Waals surface area contributed by atoms with Crippen LogP contribution in [0.4, 0.5) is 0 Å². The Labute approximate surface area is 121 Å². The van der Waals surface area contributed by atoms with Gasteiger partial charge in [0, 0.05) is 0 Å². The van der Waals surface area contributed by atoms with Crippen molar-refractivity contribution in [3.8, 4) is 0 Å². The van der Waals surface area contributed by atoms with Gasteiger partial charge in [0.05, 0.1) is 22.9 Å². The standard InChI is InChI=1S/C15H24O4S/c1-3-5-14(16)15(17)11-8-12-6-9-13(10-7-12)20(18,19)4-2/h6-7,9-10,14-17H,3-5,8,11H2,1-2H3. The number of hydrogen-bond donors (Lipinski definition) is 2. The third kappa shape index (κ3) is 4.89. The van der Waals surface area contributed by atoms with Crippen LogP contribution in [0.5, 0.6) is 0 Å². The second-order valence-electron chi connectivity index (χ2n) is 5.01. The molecule has 2 N–H and O–H groups in total. The molecule has 0 aromatic heterocycles. The second kappa shape index (κ2) is 7.76. The maximum Gasteiger partial charge on any atom is 0.178 e. The van der Waals surface area contributed by atoms with E-state index in [0.29, 0.717) is 24.2 Å². The molecule has 1 rings (SSSR count). The molecule has 0 saturated carbocycles. The molecule has 1 aromatic carbocycles. The zero-order valence-electron chi connectivity index (χ0n) is 12.1. The predicted octanol–water partition coefficient (Wildman–Crippen LogP) is 1.93. The Hall–Kier alpha value is -0.910. The molecule has 0 fully saturated rings. The monoisotopic (exact) mass is 300 g/mol. The van der Waals surface area contributed by atoms with Crippen molar-refractivity contribution < 1.29 is 18.6 Å². The summed E-state index contributed by atoms with van der Waals surface area (Å²) in [6, 6.07) is 6.73. The second-order valence-corrected chi connectivity index (χ2v) is 7.29. The summed E-state index contributed by atoms with van der Waals surface area (Å²) in [5.41, 5.74) is 0.961. The van der Waals surface area contributed by atoms with Gasteiger partial charge in [0.1, 0.15) is 0 Å². The van der Waals surface area contributed by atoms with Gasteiger partial charge in [0.25, 0.3) is 0 Å². The van der Waals surface area contributed by atoms with Gasteiger partial charge in [-0.2, -0.15) is 0 Å². The molecule has 0 spiro atoms. The molecule has 0 aliphatic heterocycles. The first-order valence-corrected chi connectivity index (χ1v) is 8.73. The van der Waals surface area contributed by atoms with Crippen molar-refractivity contribution in [3.05, 3.63) is 29.8 Å². The number of aliphatic hydroxyl groups is 2. The van der Waals surface area contributed by atoms with Crippen molar-refractivity contribution >= 4 is 9.84 Å². The van der Waals surface area contributed by atoms with Crippen molar-refractivity contribution in [2.75, 3.05) is 5.75 Å². The van der Waals surface area contributed by atoms with Crippen LogP contribution in [0, 0.1) is 0 Å². The smallest absolute Gasteiger partial charge is 0.178 e. The van der Waals surface area contributed by atoms with Crippen LogP contribution in [0.15, 0.2) is 29.2 Å². The van der Waals surface area contributed by atoms with E-state index in [0.717, 1.165) is 12.0 Å². The summed E-state index contributed by atoms with van der Waals surface area (Å²) in [6.45, 7) is 3.58. The van der Waals surface area contributed by atoms with Gasteiger partial charge in [0.15, 0.2) is 9.84 Å². The lowest BCUT2D eigenvalue weighted by atomic mass is 10.0. The van der Waals surface area contributed by atoms with E-state index in [2.05, 4.69) is 0 Å². The van der Waals surface area contributed by atoms with Crippen LogP contribution in [0.2, 0.25) is 0 Å². The van der Waals surface area contributed by atoms with Crippen LogP contribution >= 0.6 is 0 Å². The average Bonchev–Trinajstić information content (AvgIpc) is 2.45. The van der Waals surface area contributed by atoms with E-state index in [1.54, 1.807) is 31.2 Å². The maximum atomic E-state index is 11.7. The van der Waals surface area contributed by atoms with Gasteiger partial charge in [-0.3, -0.25) is 0 Å². The van der Waals surface area contributed by atoms with E-state index < -0.39 is 22.0 Å². The summed E-state index contributed by atoms with van der Waals surface area (Å²) in [5, 5.41) is 19.4. The van der Waals surface area contributed by atoms with Gasteiger partial charge in [-0.25, -0.2) is 8.42 Å². The molecule has 20 heavy (non-hydrogen) atoms. The Kier molecular flexibility index (Phi) is 6.65. The van der Waals surface area contributed by atoms with Gasteiger partial charge in [-0.05, 0) is 37.0 Å².